The van der Waals surface area contributed by atoms with Crippen LogP contribution < -0.4 is 5.32 Å². The number of morpholine rings is 1. The Balaban J connectivity index is 2.44. The molecule has 1 N–H and O–H groups in total. The maximum atomic E-state index is 12.6. The van der Waals surface area contributed by atoms with Crippen molar-refractivity contribution < 1.29 is 19.1 Å². The Morgan fingerprint density at radius 2 is 1.83 bits per heavy atom. The average Bonchev–Trinajstić information content (AvgIpc) is 2.45. The zero-order valence-corrected chi connectivity index (χ0v) is 15.1. The smallest absolute Gasteiger partial charge is 0.305 e. The van der Waals surface area contributed by atoms with E-state index in [1.165, 1.54) is 7.11 Å². The van der Waals surface area contributed by atoms with Gasteiger partial charge < -0.3 is 14.8 Å². The zero-order chi connectivity index (χ0) is 17.4. The van der Waals surface area contributed by atoms with E-state index in [-0.39, 0.29) is 36.0 Å². The Labute approximate surface area is 139 Å². The number of ether oxygens (including phenoxy) is 2. The number of esters is 1. The molecule has 0 aromatic carbocycles. The van der Waals surface area contributed by atoms with Crippen LogP contribution in [0.5, 0.6) is 0 Å². The highest BCUT2D eigenvalue weighted by Gasteiger charge is 2.33. The van der Waals surface area contributed by atoms with Gasteiger partial charge in [0.1, 0.15) is 0 Å². The van der Waals surface area contributed by atoms with Crippen LogP contribution >= 0.6 is 0 Å². The summed E-state index contributed by atoms with van der Waals surface area (Å²) in [7, 11) is 1.39. The standard InChI is InChI=1S/C17H32N2O4/c1-12(2)16(19-10-13(3)23-14(4)11-19)17(21)18-9-7-6-8-15(20)22-5/h12-14,16H,6-11H2,1-5H3,(H,18,21). The van der Waals surface area contributed by atoms with E-state index in [9.17, 15) is 9.59 Å². The number of nitrogens with zero attached hydrogens (tertiary/aromatic N) is 1. The number of carbonyl (C=O) groups excluding carboxylic acids is 2. The Kier molecular flexibility index (Phi) is 8.55. The molecule has 6 heteroatoms. The van der Waals surface area contributed by atoms with Crippen LogP contribution in [0.15, 0.2) is 0 Å². The molecule has 1 aliphatic rings. The van der Waals surface area contributed by atoms with Gasteiger partial charge in [0, 0.05) is 26.1 Å². The van der Waals surface area contributed by atoms with Gasteiger partial charge in [-0.1, -0.05) is 13.8 Å². The SMILES string of the molecule is COC(=O)CCCCNC(=O)C(C(C)C)N1CC(C)OC(C)C1. The number of nitrogens with one attached hydrogen (secondary N) is 1. The van der Waals surface area contributed by atoms with E-state index in [0.29, 0.717) is 13.0 Å². The number of unbranched alkanes of at least 4 members (excludes halogenated alkanes) is 1. The van der Waals surface area contributed by atoms with Crippen LogP contribution in [0, 0.1) is 5.92 Å². The maximum Gasteiger partial charge on any atom is 0.305 e. The molecule has 1 heterocycles. The lowest BCUT2D eigenvalue weighted by molar-refractivity contribution is -0.140. The second-order valence-corrected chi connectivity index (χ2v) is 6.72. The highest BCUT2D eigenvalue weighted by Crippen LogP contribution is 2.18. The summed E-state index contributed by atoms with van der Waals surface area (Å²) in [6, 6.07) is -0.135. The van der Waals surface area contributed by atoms with Crippen LogP contribution in [0.3, 0.4) is 0 Å². The topological polar surface area (TPSA) is 67.9 Å². The van der Waals surface area contributed by atoms with Crippen molar-refractivity contribution in [2.24, 2.45) is 5.92 Å². The maximum absolute atomic E-state index is 12.6. The van der Waals surface area contributed by atoms with E-state index in [1.54, 1.807) is 0 Å². The largest absolute Gasteiger partial charge is 0.469 e. The van der Waals surface area contributed by atoms with Crippen molar-refractivity contribution in [3.63, 3.8) is 0 Å². The van der Waals surface area contributed by atoms with E-state index in [4.69, 9.17) is 4.74 Å². The normalized spacial score (nSPS) is 23.6. The van der Waals surface area contributed by atoms with Crippen LogP contribution in [0.2, 0.25) is 0 Å². The first kappa shape index (κ1) is 19.9. The molecule has 3 unspecified atom stereocenters. The summed E-state index contributed by atoms with van der Waals surface area (Å²) >= 11 is 0. The number of amides is 1. The number of carbonyl (C=O) groups is 2. The van der Waals surface area contributed by atoms with Gasteiger partial charge in [0.05, 0.1) is 25.4 Å². The molecule has 3 atom stereocenters. The fraction of sp³-hybridized carbons (Fsp3) is 0.882. The van der Waals surface area contributed by atoms with Crippen LogP contribution in [0.25, 0.3) is 0 Å². The van der Waals surface area contributed by atoms with Gasteiger partial charge in [-0.3, -0.25) is 14.5 Å². The molecule has 0 radical (unpaired) electrons. The molecule has 0 spiro atoms. The fourth-order valence-corrected chi connectivity index (χ4v) is 3.15. The summed E-state index contributed by atoms with van der Waals surface area (Å²) in [5.41, 5.74) is 0. The minimum atomic E-state index is -0.201. The molecule has 134 valence electrons. The second-order valence-electron chi connectivity index (χ2n) is 6.72. The van der Waals surface area contributed by atoms with Gasteiger partial charge in [-0.25, -0.2) is 0 Å². The van der Waals surface area contributed by atoms with E-state index >= 15 is 0 Å². The van der Waals surface area contributed by atoms with Gasteiger partial charge in [0.15, 0.2) is 0 Å². The van der Waals surface area contributed by atoms with Crippen LogP contribution in [-0.2, 0) is 19.1 Å². The number of rotatable bonds is 8. The van der Waals surface area contributed by atoms with E-state index < -0.39 is 0 Å². The molecule has 1 rings (SSSR count). The van der Waals surface area contributed by atoms with E-state index in [1.807, 2.05) is 13.8 Å². The van der Waals surface area contributed by atoms with Crippen molar-refractivity contribution in [3.8, 4) is 0 Å². The van der Waals surface area contributed by atoms with Crippen molar-refractivity contribution in [1.29, 1.82) is 0 Å². The molecule has 1 saturated heterocycles. The van der Waals surface area contributed by atoms with E-state index in [2.05, 4.69) is 28.8 Å². The van der Waals surface area contributed by atoms with Gasteiger partial charge in [0.25, 0.3) is 0 Å². The zero-order valence-electron chi connectivity index (χ0n) is 15.1. The molecule has 0 bridgehead atoms. The summed E-state index contributed by atoms with van der Waals surface area (Å²) in [4.78, 5) is 25.8. The molecular formula is C17H32N2O4. The third-order valence-electron chi connectivity index (χ3n) is 4.08. The third kappa shape index (κ3) is 6.87. The molecule has 0 aromatic rings. The number of hydrogen-bond donors (Lipinski definition) is 1. The van der Waals surface area contributed by atoms with Gasteiger partial charge in [0.2, 0.25) is 5.91 Å². The number of methoxy groups -OCH3 is 1. The van der Waals surface area contributed by atoms with Crippen LogP contribution in [0.1, 0.15) is 47.0 Å². The Morgan fingerprint density at radius 1 is 1.22 bits per heavy atom. The lowest BCUT2D eigenvalue weighted by atomic mass is 9.99. The Bertz CT molecular complexity index is 377. The third-order valence-corrected chi connectivity index (χ3v) is 4.08. The molecule has 0 saturated carbocycles. The molecule has 0 aromatic heterocycles. The predicted octanol–water partition coefficient (Wildman–Crippen LogP) is 1.58. The molecule has 1 fully saturated rings. The van der Waals surface area contributed by atoms with Crippen molar-refractivity contribution in [2.45, 2.75) is 65.2 Å². The summed E-state index contributed by atoms with van der Waals surface area (Å²) in [5, 5.41) is 3.01. The molecule has 1 amide bonds. The summed E-state index contributed by atoms with van der Waals surface area (Å²) in [5.74, 6) is 0.106. The van der Waals surface area contributed by atoms with Gasteiger partial charge in [-0.15, -0.1) is 0 Å². The number of hydrogen-bond acceptors (Lipinski definition) is 5. The summed E-state index contributed by atoms with van der Waals surface area (Å²) < 4.78 is 10.4. The highest BCUT2D eigenvalue weighted by molar-refractivity contribution is 5.82. The Hall–Kier alpha value is -1.14. The van der Waals surface area contributed by atoms with Crippen molar-refractivity contribution >= 4 is 11.9 Å². The monoisotopic (exact) mass is 328 g/mol. The molecule has 1 aliphatic heterocycles. The van der Waals surface area contributed by atoms with Gasteiger partial charge >= 0.3 is 5.97 Å². The molecule has 0 aliphatic carbocycles. The lowest BCUT2D eigenvalue weighted by Crippen LogP contribution is -2.57. The van der Waals surface area contributed by atoms with Crippen molar-refractivity contribution in [1.82, 2.24) is 10.2 Å². The van der Waals surface area contributed by atoms with Crippen LogP contribution in [0.4, 0.5) is 0 Å². The first-order valence-electron chi connectivity index (χ1n) is 8.59. The van der Waals surface area contributed by atoms with Crippen LogP contribution in [-0.4, -0.2) is 61.8 Å². The molecule has 23 heavy (non-hydrogen) atoms. The minimum absolute atomic E-state index is 0.0689. The molecule has 6 nitrogen and oxygen atoms in total. The fourth-order valence-electron chi connectivity index (χ4n) is 3.15. The van der Waals surface area contributed by atoms with E-state index in [0.717, 1.165) is 25.9 Å². The van der Waals surface area contributed by atoms with Crippen molar-refractivity contribution in [3.05, 3.63) is 0 Å². The lowest BCUT2D eigenvalue weighted by Gasteiger charge is -2.41. The van der Waals surface area contributed by atoms with Gasteiger partial charge in [-0.2, -0.15) is 0 Å². The second kappa shape index (κ2) is 9.88. The van der Waals surface area contributed by atoms with Gasteiger partial charge in [-0.05, 0) is 32.6 Å². The molecular weight excluding hydrogens is 296 g/mol. The Morgan fingerprint density at radius 3 is 2.35 bits per heavy atom. The predicted molar refractivity (Wildman–Crippen MR) is 89.1 cm³/mol. The minimum Gasteiger partial charge on any atom is -0.469 e. The summed E-state index contributed by atoms with van der Waals surface area (Å²) in [6.45, 7) is 10.4. The summed E-state index contributed by atoms with van der Waals surface area (Å²) in [6.07, 6.45) is 2.20. The van der Waals surface area contributed by atoms with Crippen molar-refractivity contribution in [2.75, 3.05) is 26.7 Å². The quantitative estimate of drug-likeness (QED) is 0.541. The first-order valence-corrected chi connectivity index (χ1v) is 8.59. The first-order chi connectivity index (χ1) is 10.8. The highest BCUT2D eigenvalue weighted by atomic mass is 16.5. The average molecular weight is 328 g/mol.